The highest BCUT2D eigenvalue weighted by molar-refractivity contribution is 6.19. The van der Waals surface area contributed by atoms with Crippen molar-refractivity contribution in [2.75, 3.05) is 4.90 Å². The summed E-state index contributed by atoms with van der Waals surface area (Å²) in [7, 11) is 0.692. The number of hydrogen-bond acceptors (Lipinski definition) is 4. The zero-order valence-electron chi connectivity index (χ0n) is 23.1. The Morgan fingerprint density at radius 1 is 0.512 bits per heavy atom. The van der Waals surface area contributed by atoms with Gasteiger partial charge in [0.2, 0.25) is 0 Å². The minimum Gasteiger partial charge on any atom is -0.537 e. The molecular weight excluding hydrogens is 529 g/mol. The summed E-state index contributed by atoms with van der Waals surface area (Å²) < 4.78 is 11.6. The van der Waals surface area contributed by atoms with Gasteiger partial charge in [0.1, 0.15) is 16.9 Å². The molecule has 5 heteroatoms. The summed E-state index contributed by atoms with van der Waals surface area (Å²) in [5, 5.41) is 16.1. The van der Waals surface area contributed by atoms with E-state index in [2.05, 4.69) is 126 Å². The molecule has 0 aliphatic carbocycles. The Bertz CT molecular complexity index is 2260. The van der Waals surface area contributed by atoms with Crippen molar-refractivity contribution in [1.29, 1.82) is 0 Å². The van der Waals surface area contributed by atoms with E-state index in [1.165, 1.54) is 27.1 Å². The first kappa shape index (κ1) is 25.2. The van der Waals surface area contributed by atoms with Crippen LogP contribution in [0.1, 0.15) is 0 Å². The van der Waals surface area contributed by atoms with Gasteiger partial charge in [0.05, 0.1) is 0 Å². The first-order valence-electron chi connectivity index (χ1n) is 14.2. The molecule has 0 aliphatic rings. The van der Waals surface area contributed by atoms with Crippen LogP contribution in [0, 0.1) is 0 Å². The Morgan fingerprint density at radius 2 is 1.16 bits per heavy atom. The second-order valence-electron chi connectivity index (χ2n) is 10.6. The summed E-state index contributed by atoms with van der Waals surface area (Å²) in [6.45, 7) is 0. The fourth-order valence-corrected chi connectivity index (χ4v) is 6.03. The highest BCUT2D eigenvalue weighted by Crippen LogP contribution is 2.41. The van der Waals surface area contributed by atoms with Gasteiger partial charge in [-0.3, -0.25) is 0 Å². The number of nitrogens with zero attached hydrogens (tertiary/aromatic N) is 1. The zero-order valence-corrected chi connectivity index (χ0v) is 23.1. The molecular formula is C38H25BNO3. The van der Waals surface area contributed by atoms with E-state index in [1.807, 2.05) is 24.3 Å². The highest BCUT2D eigenvalue weighted by atomic mass is 16.5. The van der Waals surface area contributed by atoms with Crippen LogP contribution in [0.5, 0.6) is 5.75 Å². The third-order valence-electron chi connectivity index (χ3n) is 8.10. The zero-order chi connectivity index (χ0) is 28.8. The third-order valence-corrected chi connectivity index (χ3v) is 8.10. The SMILES string of the molecule is O[B]Oc1ccc(N(c2ccc(-c3ccc4ccccc4c3)cc2)c2ccc3c(c2)oc2ccc4ccccc4c23)cc1. The summed E-state index contributed by atoms with van der Waals surface area (Å²) in [6, 6.07) is 50.2. The van der Waals surface area contributed by atoms with Crippen molar-refractivity contribution >= 4 is 68.2 Å². The fourth-order valence-electron chi connectivity index (χ4n) is 6.03. The molecule has 0 saturated carbocycles. The summed E-state index contributed by atoms with van der Waals surface area (Å²) in [5.41, 5.74) is 6.95. The molecule has 1 heterocycles. The predicted molar refractivity (Wildman–Crippen MR) is 177 cm³/mol. The van der Waals surface area contributed by atoms with Crippen LogP contribution in [0.2, 0.25) is 0 Å². The van der Waals surface area contributed by atoms with Crippen molar-refractivity contribution in [3.05, 3.63) is 146 Å². The van der Waals surface area contributed by atoms with Crippen molar-refractivity contribution in [3.63, 3.8) is 0 Å². The van der Waals surface area contributed by atoms with Gasteiger partial charge in [-0.1, -0.05) is 78.9 Å². The monoisotopic (exact) mass is 554 g/mol. The second-order valence-corrected chi connectivity index (χ2v) is 10.6. The molecule has 1 radical (unpaired) electrons. The van der Waals surface area contributed by atoms with Crippen LogP contribution in [-0.4, -0.2) is 12.7 Å². The molecule has 1 N–H and O–H groups in total. The van der Waals surface area contributed by atoms with Gasteiger partial charge in [-0.15, -0.1) is 0 Å². The summed E-state index contributed by atoms with van der Waals surface area (Å²) in [6.07, 6.45) is 0. The molecule has 0 unspecified atom stereocenters. The summed E-state index contributed by atoms with van der Waals surface area (Å²) in [5.74, 6) is 0.553. The number of anilines is 3. The van der Waals surface area contributed by atoms with Crippen molar-refractivity contribution in [2.24, 2.45) is 0 Å². The van der Waals surface area contributed by atoms with E-state index in [-0.39, 0.29) is 0 Å². The van der Waals surface area contributed by atoms with Crippen LogP contribution >= 0.6 is 0 Å². The van der Waals surface area contributed by atoms with Crippen LogP contribution in [0.4, 0.5) is 17.1 Å². The summed E-state index contributed by atoms with van der Waals surface area (Å²) in [4.78, 5) is 2.20. The lowest BCUT2D eigenvalue weighted by atomic mass is 10.0. The largest absolute Gasteiger partial charge is 0.569 e. The quantitative estimate of drug-likeness (QED) is 0.208. The maximum Gasteiger partial charge on any atom is 0.569 e. The Hall–Kier alpha value is -5.52. The van der Waals surface area contributed by atoms with Gasteiger partial charge in [-0.2, -0.15) is 0 Å². The lowest BCUT2D eigenvalue weighted by molar-refractivity contribution is 0.454. The van der Waals surface area contributed by atoms with Crippen LogP contribution in [0.25, 0.3) is 54.6 Å². The number of hydrogen-bond donors (Lipinski definition) is 1. The molecule has 0 bridgehead atoms. The average Bonchev–Trinajstić information content (AvgIpc) is 3.44. The lowest BCUT2D eigenvalue weighted by Gasteiger charge is -2.26. The molecule has 0 fully saturated rings. The molecule has 0 spiro atoms. The van der Waals surface area contributed by atoms with Gasteiger partial charge in [-0.25, -0.2) is 0 Å². The first-order valence-corrected chi connectivity index (χ1v) is 14.2. The maximum absolute atomic E-state index is 9.09. The minimum absolute atomic E-state index is 0.553. The van der Waals surface area contributed by atoms with E-state index < -0.39 is 0 Å². The van der Waals surface area contributed by atoms with Crippen LogP contribution in [0.3, 0.4) is 0 Å². The third kappa shape index (κ3) is 4.47. The van der Waals surface area contributed by atoms with Crippen LogP contribution < -0.4 is 9.55 Å². The molecule has 43 heavy (non-hydrogen) atoms. The smallest absolute Gasteiger partial charge is 0.537 e. The topological polar surface area (TPSA) is 45.8 Å². The molecule has 0 aliphatic heterocycles. The first-order chi connectivity index (χ1) is 21.2. The molecule has 7 aromatic carbocycles. The average molecular weight is 554 g/mol. The Balaban J connectivity index is 1.24. The standard InChI is InChI=1S/C38H25BNO3/c41-39-43-33-19-16-31(17-20-33)40(30-14-11-26(12-15-30)29-10-9-25-5-1-2-7-28(25)23-29)32-18-21-35-37(24-32)42-36-22-13-27-6-3-4-8-34(27)38(35)36/h1-24,41H. The second kappa shape index (κ2) is 10.4. The fraction of sp³-hybridized carbons (Fsp3) is 0. The van der Waals surface area contributed by atoms with Gasteiger partial charge < -0.3 is 19.0 Å². The van der Waals surface area contributed by atoms with Gasteiger partial charge in [0, 0.05) is 33.9 Å². The molecule has 8 aromatic rings. The van der Waals surface area contributed by atoms with Crippen molar-refractivity contribution in [1.82, 2.24) is 0 Å². The summed E-state index contributed by atoms with van der Waals surface area (Å²) >= 11 is 0. The number of fused-ring (bicyclic) bond motifs is 6. The molecule has 0 saturated heterocycles. The van der Waals surface area contributed by atoms with E-state index in [4.69, 9.17) is 14.1 Å². The molecule has 0 amide bonds. The molecule has 1 aromatic heterocycles. The van der Waals surface area contributed by atoms with Crippen molar-refractivity contribution in [3.8, 4) is 16.9 Å². The van der Waals surface area contributed by atoms with Gasteiger partial charge in [0.25, 0.3) is 0 Å². The lowest BCUT2D eigenvalue weighted by Crippen LogP contribution is -2.10. The van der Waals surface area contributed by atoms with Crippen molar-refractivity contribution < 1.29 is 14.1 Å². The van der Waals surface area contributed by atoms with Crippen LogP contribution in [0.15, 0.2) is 150 Å². The Kier molecular flexibility index (Phi) is 6.09. The predicted octanol–water partition coefficient (Wildman–Crippen LogP) is 9.93. The van der Waals surface area contributed by atoms with E-state index in [0.717, 1.165) is 44.6 Å². The Morgan fingerprint density at radius 3 is 1.95 bits per heavy atom. The Labute approximate surface area is 249 Å². The van der Waals surface area contributed by atoms with Gasteiger partial charge in [-0.05, 0) is 93.3 Å². The van der Waals surface area contributed by atoms with Crippen LogP contribution in [-0.2, 0) is 0 Å². The van der Waals surface area contributed by atoms with E-state index in [9.17, 15) is 0 Å². The van der Waals surface area contributed by atoms with E-state index in [1.54, 1.807) is 0 Å². The van der Waals surface area contributed by atoms with Crippen molar-refractivity contribution in [2.45, 2.75) is 0 Å². The molecule has 0 atom stereocenters. The maximum atomic E-state index is 9.09. The van der Waals surface area contributed by atoms with Gasteiger partial charge >= 0.3 is 7.69 Å². The molecule has 4 nitrogen and oxygen atoms in total. The van der Waals surface area contributed by atoms with Gasteiger partial charge in [0.15, 0.2) is 0 Å². The highest BCUT2D eigenvalue weighted by Gasteiger charge is 2.17. The number of furan rings is 1. The molecule has 8 rings (SSSR count). The number of rotatable bonds is 6. The molecule has 203 valence electrons. The normalized spacial score (nSPS) is 11.4. The minimum atomic E-state index is 0.553. The van der Waals surface area contributed by atoms with E-state index in [0.29, 0.717) is 13.4 Å². The van der Waals surface area contributed by atoms with E-state index >= 15 is 0 Å². The number of benzene rings is 7.